The van der Waals surface area contributed by atoms with E-state index >= 15 is 0 Å². The van der Waals surface area contributed by atoms with Gasteiger partial charge < -0.3 is 26.0 Å². The number of halogens is 2. The van der Waals surface area contributed by atoms with Gasteiger partial charge in [0, 0.05) is 30.2 Å². The zero-order valence-electron chi connectivity index (χ0n) is 22.0. The fourth-order valence-electron chi connectivity index (χ4n) is 5.45. The van der Waals surface area contributed by atoms with Gasteiger partial charge >= 0.3 is 0 Å². The van der Waals surface area contributed by atoms with Gasteiger partial charge in [0.2, 0.25) is 5.95 Å². The Morgan fingerprint density at radius 2 is 1.82 bits per heavy atom. The average Bonchev–Trinajstić information content (AvgIpc) is 3.61. The fraction of sp³-hybridized carbons (Fsp3) is 0.429. The van der Waals surface area contributed by atoms with Gasteiger partial charge in [0.25, 0.3) is 0 Å². The first-order chi connectivity index (χ1) is 19.2. The van der Waals surface area contributed by atoms with Crippen molar-refractivity contribution in [2.45, 2.75) is 63.3 Å². The molecule has 0 amide bonds. The summed E-state index contributed by atoms with van der Waals surface area (Å²) in [7, 11) is 0. The van der Waals surface area contributed by atoms with Crippen LogP contribution in [0.5, 0.6) is 0 Å². The van der Waals surface area contributed by atoms with Crippen molar-refractivity contribution in [2.75, 3.05) is 17.2 Å². The van der Waals surface area contributed by atoms with E-state index in [-0.39, 0.29) is 18.1 Å². The molecule has 0 aliphatic heterocycles. The molecule has 40 heavy (non-hydrogen) atoms. The van der Waals surface area contributed by atoms with Crippen molar-refractivity contribution in [3.8, 4) is 10.6 Å². The predicted molar refractivity (Wildman–Crippen MR) is 148 cm³/mol. The Hall–Kier alpha value is -3.32. The number of benzene rings is 1. The fourth-order valence-corrected chi connectivity index (χ4v) is 6.52. The zero-order chi connectivity index (χ0) is 28.1. The molecule has 2 aliphatic rings. The number of nitrogens with one attached hydrogen (secondary N) is 2. The molecule has 5 atom stereocenters. The van der Waals surface area contributed by atoms with E-state index in [9.17, 15) is 24.1 Å². The standard InChI is InChI=1S/C28H30F2N6O3S/c1-12(20-16(29)4-3-5-17(20)30)32-28-33-13(2)21(26(36-28)34-18-10-15(11-37)24(38)25(18)39)27-35-23-19(40-27)8-9-31-22(23)14-6-7-14/h3-5,8-9,12,14-15,18,24-25,37-39H,6-7,10-11H2,1-2H3,(H2,32,33,34,36)/t12-,15-,18-,24-,25+/m1/s1. The van der Waals surface area contributed by atoms with E-state index in [1.807, 2.05) is 6.07 Å². The number of pyridine rings is 1. The first-order valence-corrected chi connectivity index (χ1v) is 14.1. The van der Waals surface area contributed by atoms with Crippen LogP contribution in [-0.2, 0) is 0 Å². The third-order valence-corrected chi connectivity index (χ3v) is 8.78. The SMILES string of the molecule is Cc1nc(N[C@H](C)c2c(F)cccc2F)nc(N[C@@H]2C[C@H](CO)[C@@H](O)[C@H]2O)c1-c1nc2c(C3CC3)nccc2s1. The maximum absolute atomic E-state index is 14.4. The van der Waals surface area contributed by atoms with E-state index in [0.717, 1.165) is 28.8 Å². The molecule has 1 aromatic carbocycles. The zero-order valence-corrected chi connectivity index (χ0v) is 22.8. The summed E-state index contributed by atoms with van der Waals surface area (Å²) >= 11 is 1.48. The quantitative estimate of drug-likeness (QED) is 0.211. The molecular weight excluding hydrogens is 538 g/mol. The third kappa shape index (κ3) is 4.89. The number of aryl methyl sites for hydroxylation is 1. The Morgan fingerprint density at radius 1 is 1.07 bits per heavy atom. The summed E-state index contributed by atoms with van der Waals surface area (Å²) in [4.78, 5) is 18.8. The van der Waals surface area contributed by atoms with E-state index in [2.05, 4.69) is 25.6 Å². The highest BCUT2D eigenvalue weighted by atomic mass is 32.1. The van der Waals surface area contributed by atoms with E-state index in [1.54, 1.807) is 20.0 Å². The molecule has 12 heteroatoms. The number of aliphatic hydroxyl groups is 3. The molecule has 0 bridgehead atoms. The smallest absolute Gasteiger partial charge is 0.225 e. The first kappa shape index (κ1) is 26.9. The van der Waals surface area contributed by atoms with Crippen LogP contribution < -0.4 is 10.6 Å². The normalized spacial score (nSPS) is 23.5. The number of rotatable bonds is 8. The van der Waals surface area contributed by atoms with E-state index in [0.29, 0.717) is 34.4 Å². The summed E-state index contributed by atoms with van der Waals surface area (Å²) in [5.74, 6) is -0.960. The number of nitrogens with zero attached hydrogens (tertiary/aromatic N) is 4. The second-order valence-electron chi connectivity index (χ2n) is 10.6. The van der Waals surface area contributed by atoms with Crippen LogP contribution in [0.25, 0.3) is 20.8 Å². The molecule has 4 aromatic rings. The molecule has 6 rings (SSSR count). The van der Waals surface area contributed by atoms with Gasteiger partial charge in [-0.15, -0.1) is 11.3 Å². The minimum absolute atomic E-state index is 0.131. The van der Waals surface area contributed by atoms with Gasteiger partial charge in [0.05, 0.1) is 39.8 Å². The van der Waals surface area contributed by atoms with Crippen LogP contribution >= 0.6 is 11.3 Å². The maximum Gasteiger partial charge on any atom is 0.225 e. The van der Waals surface area contributed by atoms with Crippen molar-refractivity contribution in [3.63, 3.8) is 0 Å². The highest BCUT2D eigenvalue weighted by Crippen LogP contribution is 2.44. The Balaban J connectivity index is 1.41. The van der Waals surface area contributed by atoms with Gasteiger partial charge in [-0.1, -0.05) is 6.07 Å². The largest absolute Gasteiger partial charge is 0.396 e. The van der Waals surface area contributed by atoms with Crippen molar-refractivity contribution in [3.05, 3.63) is 59.0 Å². The second kappa shape index (κ2) is 10.6. The van der Waals surface area contributed by atoms with Gasteiger partial charge in [0.1, 0.15) is 34.1 Å². The molecule has 210 valence electrons. The molecule has 3 heterocycles. The van der Waals surface area contributed by atoms with E-state index in [1.165, 1.54) is 29.5 Å². The monoisotopic (exact) mass is 568 g/mol. The summed E-state index contributed by atoms with van der Waals surface area (Å²) in [6.07, 6.45) is 2.05. The molecule has 9 nitrogen and oxygen atoms in total. The molecule has 2 fully saturated rings. The lowest BCUT2D eigenvalue weighted by atomic mass is 10.1. The highest BCUT2D eigenvalue weighted by Gasteiger charge is 2.41. The number of aliphatic hydroxyl groups excluding tert-OH is 3. The van der Waals surface area contributed by atoms with Crippen molar-refractivity contribution >= 4 is 33.3 Å². The van der Waals surface area contributed by atoms with Crippen LogP contribution in [0.3, 0.4) is 0 Å². The van der Waals surface area contributed by atoms with Gasteiger partial charge in [-0.2, -0.15) is 4.98 Å². The molecule has 5 N–H and O–H groups in total. The topological polar surface area (TPSA) is 136 Å². The van der Waals surface area contributed by atoms with Gasteiger partial charge in [0.15, 0.2) is 0 Å². The summed E-state index contributed by atoms with van der Waals surface area (Å²) in [5.41, 5.74) is 2.87. The number of thiazole rings is 1. The van der Waals surface area contributed by atoms with E-state index in [4.69, 9.17) is 4.98 Å². The van der Waals surface area contributed by atoms with Crippen LogP contribution in [0.2, 0.25) is 0 Å². The minimum Gasteiger partial charge on any atom is -0.396 e. The molecule has 0 spiro atoms. The van der Waals surface area contributed by atoms with Crippen molar-refractivity contribution in [2.24, 2.45) is 5.92 Å². The Morgan fingerprint density at radius 3 is 2.50 bits per heavy atom. The van der Waals surface area contributed by atoms with Gasteiger partial charge in [-0.25, -0.2) is 18.7 Å². The van der Waals surface area contributed by atoms with Crippen LogP contribution in [0, 0.1) is 24.5 Å². The molecule has 2 saturated carbocycles. The highest BCUT2D eigenvalue weighted by molar-refractivity contribution is 7.21. The maximum atomic E-state index is 14.4. The third-order valence-electron chi connectivity index (χ3n) is 7.74. The predicted octanol–water partition coefficient (Wildman–Crippen LogP) is 4.30. The van der Waals surface area contributed by atoms with Crippen molar-refractivity contribution in [1.82, 2.24) is 19.9 Å². The average molecular weight is 569 g/mol. The van der Waals surface area contributed by atoms with Gasteiger partial charge in [-0.3, -0.25) is 4.98 Å². The summed E-state index contributed by atoms with van der Waals surface area (Å²) in [6.45, 7) is 3.15. The van der Waals surface area contributed by atoms with Gasteiger partial charge in [-0.05, 0) is 51.3 Å². The summed E-state index contributed by atoms with van der Waals surface area (Å²) in [6, 6.07) is 4.23. The summed E-state index contributed by atoms with van der Waals surface area (Å²) < 4.78 is 29.9. The number of hydrogen-bond donors (Lipinski definition) is 5. The summed E-state index contributed by atoms with van der Waals surface area (Å²) in [5, 5.41) is 37.7. The van der Waals surface area contributed by atoms with E-state index < -0.39 is 41.8 Å². The first-order valence-electron chi connectivity index (χ1n) is 13.3. The number of anilines is 2. The molecule has 0 saturated heterocycles. The molecular formula is C28H30F2N6O3S. The van der Waals surface area contributed by atoms with Crippen LogP contribution in [0.1, 0.15) is 55.1 Å². The second-order valence-corrected chi connectivity index (χ2v) is 11.6. The Labute approximate surface area is 233 Å². The molecule has 0 radical (unpaired) electrons. The van der Waals surface area contributed by atoms with Crippen molar-refractivity contribution < 1.29 is 24.1 Å². The molecule has 3 aromatic heterocycles. The molecule has 2 aliphatic carbocycles. The van der Waals surface area contributed by atoms with Crippen LogP contribution in [0.15, 0.2) is 30.5 Å². The molecule has 0 unspecified atom stereocenters. The Bertz CT molecular complexity index is 1540. The lowest BCUT2D eigenvalue weighted by Gasteiger charge is -2.22. The van der Waals surface area contributed by atoms with Crippen molar-refractivity contribution in [1.29, 1.82) is 0 Å². The van der Waals surface area contributed by atoms with Crippen LogP contribution in [0.4, 0.5) is 20.5 Å². The number of fused-ring (bicyclic) bond motifs is 1. The number of aromatic nitrogens is 4. The Kier molecular flexibility index (Phi) is 7.11. The lowest BCUT2D eigenvalue weighted by Crippen LogP contribution is -2.35. The minimum atomic E-state index is -1.14. The number of hydrogen-bond acceptors (Lipinski definition) is 10. The van der Waals surface area contributed by atoms with Crippen LogP contribution in [-0.4, -0.2) is 60.1 Å². The lowest BCUT2D eigenvalue weighted by molar-refractivity contribution is 0.00446.